The van der Waals surface area contributed by atoms with E-state index in [4.69, 9.17) is 5.73 Å². The average molecular weight is 275 g/mol. The van der Waals surface area contributed by atoms with Crippen molar-refractivity contribution in [2.75, 3.05) is 27.2 Å². The molecule has 0 aromatic heterocycles. The third-order valence-corrected chi connectivity index (χ3v) is 5.14. The SMILES string of the molecule is CCNC1(CN)CCC(c2ccccc2)(N(C)C)CC1. The summed E-state index contributed by atoms with van der Waals surface area (Å²) in [5, 5.41) is 3.63. The van der Waals surface area contributed by atoms with E-state index >= 15 is 0 Å². The lowest BCUT2D eigenvalue weighted by atomic mass is 9.68. The Kier molecular flexibility index (Phi) is 4.84. The molecular weight excluding hydrogens is 246 g/mol. The summed E-state index contributed by atoms with van der Waals surface area (Å²) in [5.74, 6) is 0. The molecule has 1 fully saturated rings. The minimum absolute atomic E-state index is 0.142. The Morgan fingerprint density at radius 3 is 2.15 bits per heavy atom. The molecule has 0 spiro atoms. The zero-order valence-electron chi connectivity index (χ0n) is 13.2. The third-order valence-electron chi connectivity index (χ3n) is 5.14. The molecule has 0 saturated heterocycles. The van der Waals surface area contributed by atoms with E-state index in [-0.39, 0.29) is 11.1 Å². The second kappa shape index (κ2) is 6.25. The fourth-order valence-electron chi connectivity index (χ4n) is 3.71. The molecule has 0 atom stereocenters. The van der Waals surface area contributed by atoms with Crippen molar-refractivity contribution < 1.29 is 0 Å². The fourth-order valence-corrected chi connectivity index (χ4v) is 3.71. The van der Waals surface area contributed by atoms with Crippen molar-refractivity contribution >= 4 is 0 Å². The van der Waals surface area contributed by atoms with Crippen molar-refractivity contribution in [2.45, 2.75) is 43.7 Å². The molecule has 3 nitrogen and oxygen atoms in total. The zero-order valence-corrected chi connectivity index (χ0v) is 13.2. The van der Waals surface area contributed by atoms with Crippen molar-refractivity contribution in [1.82, 2.24) is 10.2 Å². The lowest BCUT2D eigenvalue weighted by Crippen LogP contribution is -2.57. The fraction of sp³-hybridized carbons (Fsp3) is 0.647. The molecule has 1 aliphatic rings. The Morgan fingerprint density at radius 1 is 1.10 bits per heavy atom. The zero-order chi connectivity index (χ0) is 14.6. The first kappa shape index (κ1) is 15.5. The summed E-state index contributed by atoms with van der Waals surface area (Å²) in [4.78, 5) is 2.40. The van der Waals surface area contributed by atoms with Crippen LogP contribution in [0.25, 0.3) is 0 Å². The highest BCUT2D eigenvalue weighted by molar-refractivity contribution is 5.26. The molecule has 3 heteroatoms. The van der Waals surface area contributed by atoms with Crippen LogP contribution in [0.5, 0.6) is 0 Å². The molecule has 0 amide bonds. The van der Waals surface area contributed by atoms with Gasteiger partial charge in [-0.05, 0) is 51.9 Å². The van der Waals surface area contributed by atoms with E-state index < -0.39 is 0 Å². The highest BCUT2D eigenvalue weighted by Crippen LogP contribution is 2.44. The van der Waals surface area contributed by atoms with Crippen molar-refractivity contribution in [3.05, 3.63) is 35.9 Å². The summed E-state index contributed by atoms with van der Waals surface area (Å²) in [6.07, 6.45) is 4.61. The molecule has 3 N–H and O–H groups in total. The lowest BCUT2D eigenvalue weighted by Gasteiger charge is -2.50. The average Bonchev–Trinajstić information content (AvgIpc) is 2.49. The molecule has 112 valence electrons. The van der Waals surface area contributed by atoms with Crippen LogP contribution in [0.4, 0.5) is 0 Å². The Hall–Kier alpha value is -0.900. The summed E-state index contributed by atoms with van der Waals surface area (Å²) in [6, 6.07) is 10.9. The number of nitrogens with two attached hydrogens (primary N) is 1. The van der Waals surface area contributed by atoms with Crippen LogP contribution < -0.4 is 11.1 Å². The van der Waals surface area contributed by atoms with Gasteiger partial charge in [-0.1, -0.05) is 37.3 Å². The van der Waals surface area contributed by atoms with E-state index in [0.29, 0.717) is 0 Å². The first-order valence-corrected chi connectivity index (χ1v) is 7.77. The number of nitrogens with zero attached hydrogens (tertiary/aromatic N) is 1. The van der Waals surface area contributed by atoms with Gasteiger partial charge in [-0.15, -0.1) is 0 Å². The van der Waals surface area contributed by atoms with Gasteiger partial charge in [-0.2, -0.15) is 0 Å². The molecule has 0 heterocycles. The second-order valence-electron chi connectivity index (χ2n) is 6.31. The molecule has 0 aliphatic heterocycles. The molecule has 0 bridgehead atoms. The maximum atomic E-state index is 6.05. The Morgan fingerprint density at radius 2 is 1.70 bits per heavy atom. The van der Waals surface area contributed by atoms with Crippen LogP contribution in [-0.4, -0.2) is 37.6 Å². The molecule has 1 aliphatic carbocycles. The van der Waals surface area contributed by atoms with E-state index in [0.717, 1.165) is 38.8 Å². The van der Waals surface area contributed by atoms with Gasteiger partial charge in [0, 0.05) is 17.6 Å². The van der Waals surface area contributed by atoms with Gasteiger partial charge in [-0.25, -0.2) is 0 Å². The summed E-state index contributed by atoms with van der Waals surface area (Å²) in [6.45, 7) is 3.90. The van der Waals surface area contributed by atoms with Gasteiger partial charge in [0.15, 0.2) is 0 Å². The Labute approximate surface area is 123 Å². The minimum Gasteiger partial charge on any atom is -0.329 e. The molecule has 1 saturated carbocycles. The van der Waals surface area contributed by atoms with Crippen molar-refractivity contribution in [3.8, 4) is 0 Å². The Bertz CT molecular complexity index is 406. The van der Waals surface area contributed by atoms with Gasteiger partial charge in [0.25, 0.3) is 0 Å². The first-order chi connectivity index (χ1) is 9.58. The smallest absolute Gasteiger partial charge is 0.0456 e. The number of hydrogen-bond donors (Lipinski definition) is 2. The van der Waals surface area contributed by atoms with Crippen LogP contribution in [0.2, 0.25) is 0 Å². The van der Waals surface area contributed by atoms with E-state index in [1.165, 1.54) is 5.56 Å². The van der Waals surface area contributed by atoms with Gasteiger partial charge < -0.3 is 11.1 Å². The van der Waals surface area contributed by atoms with Crippen LogP contribution in [-0.2, 0) is 5.54 Å². The molecule has 0 unspecified atom stereocenters. The maximum Gasteiger partial charge on any atom is 0.0456 e. The standard InChI is InChI=1S/C17H29N3/c1-4-19-16(14-18)10-12-17(13-11-16,20(2)3)15-8-6-5-7-9-15/h5-9,19H,4,10-14,18H2,1-3H3. The summed E-state index contributed by atoms with van der Waals surface area (Å²) < 4.78 is 0. The van der Waals surface area contributed by atoms with Crippen molar-refractivity contribution in [1.29, 1.82) is 0 Å². The third kappa shape index (κ3) is 2.76. The van der Waals surface area contributed by atoms with Crippen molar-refractivity contribution in [2.24, 2.45) is 5.73 Å². The van der Waals surface area contributed by atoms with Gasteiger partial charge in [0.1, 0.15) is 0 Å². The van der Waals surface area contributed by atoms with E-state index in [9.17, 15) is 0 Å². The predicted molar refractivity (Wildman–Crippen MR) is 85.7 cm³/mol. The number of likely N-dealkylation sites (N-methyl/N-ethyl adjacent to an activating group) is 1. The van der Waals surface area contributed by atoms with Crippen LogP contribution in [0, 0.1) is 0 Å². The van der Waals surface area contributed by atoms with Crippen LogP contribution >= 0.6 is 0 Å². The van der Waals surface area contributed by atoms with Gasteiger partial charge in [0.05, 0.1) is 0 Å². The lowest BCUT2D eigenvalue weighted by molar-refractivity contribution is 0.0576. The van der Waals surface area contributed by atoms with E-state index in [1.807, 2.05) is 0 Å². The highest BCUT2D eigenvalue weighted by atomic mass is 15.2. The Balaban J connectivity index is 2.23. The van der Waals surface area contributed by atoms with Crippen LogP contribution in [0.15, 0.2) is 30.3 Å². The first-order valence-electron chi connectivity index (χ1n) is 7.77. The number of hydrogen-bond acceptors (Lipinski definition) is 3. The molecule has 20 heavy (non-hydrogen) atoms. The number of benzene rings is 1. The number of rotatable bonds is 5. The van der Waals surface area contributed by atoms with Gasteiger partial charge in [-0.3, -0.25) is 4.90 Å². The molecule has 2 rings (SSSR count). The highest BCUT2D eigenvalue weighted by Gasteiger charge is 2.43. The summed E-state index contributed by atoms with van der Waals surface area (Å²) in [5.41, 5.74) is 7.79. The molecular formula is C17H29N3. The topological polar surface area (TPSA) is 41.3 Å². The second-order valence-corrected chi connectivity index (χ2v) is 6.31. The predicted octanol–water partition coefficient (Wildman–Crippen LogP) is 2.32. The quantitative estimate of drug-likeness (QED) is 0.866. The molecule has 1 aromatic rings. The largest absolute Gasteiger partial charge is 0.329 e. The molecule has 0 radical (unpaired) electrons. The monoisotopic (exact) mass is 275 g/mol. The van der Waals surface area contributed by atoms with Gasteiger partial charge >= 0.3 is 0 Å². The van der Waals surface area contributed by atoms with Gasteiger partial charge in [0.2, 0.25) is 0 Å². The molecule has 1 aromatic carbocycles. The normalized spacial score (nSPS) is 30.6. The minimum atomic E-state index is 0.142. The van der Waals surface area contributed by atoms with Crippen molar-refractivity contribution in [3.63, 3.8) is 0 Å². The van der Waals surface area contributed by atoms with E-state index in [1.54, 1.807) is 0 Å². The van der Waals surface area contributed by atoms with Crippen LogP contribution in [0.3, 0.4) is 0 Å². The van der Waals surface area contributed by atoms with E-state index in [2.05, 4.69) is 61.6 Å². The number of nitrogens with one attached hydrogen (secondary N) is 1. The summed E-state index contributed by atoms with van der Waals surface area (Å²) in [7, 11) is 4.41. The maximum absolute atomic E-state index is 6.05. The summed E-state index contributed by atoms with van der Waals surface area (Å²) >= 11 is 0. The van der Waals surface area contributed by atoms with Crippen LogP contribution in [0.1, 0.15) is 38.2 Å².